The molecule has 1 fully saturated rings. The van der Waals surface area contributed by atoms with Crippen LogP contribution in [0.5, 0.6) is 0 Å². The van der Waals surface area contributed by atoms with Crippen LogP contribution in [0.25, 0.3) is 0 Å². The SMILES string of the molecule is CCOC1CCCN(CC(CC)(CC)CN)C1. The zero-order valence-electron chi connectivity index (χ0n) is 11.9. The maximum atomic E-state index is 5.98. The maximum Gasteiger partial charge on any atom is 0.0702 e. The van der Waals surface area contributed by atoms with Crippen molar-refractivity contribution in [3.8, 4) is 0 Å². The Bertz CT molecular complexity index is 194. The number of rotatable bonds is 7. The molecule has 0 aromatic carbocycles. The molecule has 0 spiro atoms. The molecule has 1 aliphatic heterocycles. The third-order valence-corrected chi connectivity index (χ3v) is 4.36. The van der Waals surface area contributed by atoms with Crippen LogP contribution < -0.4 is 5.73 Å². The molecule has 1 atom stereocenters. The van der Waals surface area contributed by atoms with Crippen LogP contribution in [-0.4, -0.2) is 43.8 Å². The highest BCUT2D eigenvalue weighted by Crippen LogP contribution is 2.27. The lowest BCUT2D eigenvalue weighted by Crippen LogP contribution is -2.47. The fraction of sp³-hybridized carbons (Fsp3) is 1.00. The van der Waals surface area contributed by atoms with Gasteiger partial charge < -0.3 is 15.4 Å². The van der Waals surface area contributed by atoms with E-state index in [1.807, 2.05) is 0 Å². The second-order valence-corrected chi connectivity index (χ2v) is 5.37. The smallest absolute Gasteiger partial charge is 0.0702 e. The first-order valence-electron chi connectivity index (χ1n) is 7.23. The molecule has 102 valence electrons. The van der Waals surface area contributed by atoms with Gasteiger partial charge in [-0.05, 0) is 51.1 Å². The molecule has 1 rings (SSSR count). The molecule has 17 heavy (non-hydrogen) atoms. The number of nitrogens with two attached hydrogens (primary N) is 1. The van der Waals surface area contributed by atoms with Gasteiger partial charge in [-0.2, -0.15) is 0 Å². The minimum Gasteiger partial charge on any atom is -0.377 e. The van der Waals surface area contributed by atoms with Crippen molar-refractivity contribution in [3.05, 3.63) is 0 Å². The summed E-state index contributed by atoms with van der Waals surface area (Å²) < 4.78 is 5.76. The van der Waals surface area contributed by atoms with E-state index in [1.54, 1.807) is 0 Å². The summed E-state index contributed by atoms with van der Waals surface area (Å²) in [5.41, 5.74) is 6.29. The van der Waals surface area contributed by atoms with Gasteiger partial charge in [-0.3, -0.25) is 0 Å². The highest BCUT2D eigenvalue weighted by molar-refractivity contribution is 4.84. The Morgan fingerprint density at radius 2 is 2.00 bits per heavy atom. The van der Waals surface area contributed by atoms with E-state index < -0.39 is 0 Å². The van der Waals surface area contributed by atoms with E-state index in [9.17, 15) is 0 Å². The average molecular weight is 242 g/mol. The Morgan fingerprint density at radius 3 is 2.53 bits per heavy atom. The van der Waals surface area contributed by atoms with Gasteiger partial charge in [-0.25, -0.2) is 0 Å². The van der Waals surface area contributed by atoms with Gasteiger partial charge in [-0.1, -0.05) is 13.8 Å². The molecule has 0 aliphatic carbocycles. The summed E-state index contributed by atoms with van der Waals surface area (Å²) in [4.78, 5) is 2.56. The summed E-state index contributed by atoms with van der Waals surface area (Å²) in [6.07, 6.45) is 5.28. The van der Waals surface area contributed by atoms with E-state index in [2.05, 4.69) is 25.7 Å². The molecule has 0 saturated carbocycles. The topological polar surface area (TPSA) is 38.5 Å². The molecule has 0 bridgehead atoms. The molecule has 2 N–H and O–H groups in total. The normalized spacial score (nSPS) is 22.9. The molecule has 1 unspecified atom stereocenters. The van der Waals surface area contributed by atoms with Crippen LogP contribution in [0.4, 0.5) is 0 Å². The molecule has 1 aliphatic rings. The quantitative estimate of drug-likeness (QED) is 0.744. The number of nitrogens with zero attached hydrogens (tertiary/aromatic N) is 1. The summed E-state index contributed by atoms with van der Waals surface area (Å²) >= 11 is 0. The van der Waals surface area contributed by atoms with Crippen LogP contribution in [0, 0.1) is 5.41 Å². The summed E-state index contributed by atoms with van der Waals surface area (Å²) in [5.74, 6) is 0. The van der Waals surface area contributed by atoms with Crippen molar-refractivity contribution >= 4 is 0 Å². The fourth-order valence-electron chi connectivity index (χ4n) is 2.83. The van der Waals surface area contributed by atoms with Gasteiger partial charge in [0.2, 0.25) is 0 Å². The standard InChI is InChI=1S/C14H30N2O/c1-4-14(5-2,11-15)12-16-9-7-8-13(10-16)17-6-3/h13H,4-12,15H2,1-3H3. The first-order chi connectivity index (χ1) is 8.19. The molecule has 0 radical (unpaired) electrons. The first kappa shape index (κ1) is 14.9. The lowest BCUT2D eigenvalue weighted by atomic mass is 9.81. The van der Waals surface area contributed by atoms with Gasteiger partial charge in [0, 0.05) is 19.7 Å². The molecular formula is C14H30N2O. The number of hydrogen-bond acceptors (Lipinski definition) is 3. The van der Waals surface area contributed by atoms with E-state index in [0.717, 1.165) is 26.2 Å². The highest BCUT2D eigenvalue weighted by atomic mass is 16.5. The van der Waals surface area contributed by atoms with Crippen LogP contribution in [0.15, 0.2) is 0 Å². The molecule has 0 aromatic rings. The van der Waals surface area contributed by atoms with Gasteiger partial charge in [-0.15, -0.1) is 0 Å². The number of piperidine rings is 1. The van der Waals surface area contributed by atoms with Crippen LogP contribution in [0.3, 0.4) is 0 Å². The molecular weight excluding hydrogens is 212 g/mol. The van der Waals surface area contributed by atoms with Crippen molar-refractivity contribution in [2.45, 2.75) is 52.6 Å². The summed E-state index contributed by atoms with van der Waals surface area (Å²) in [6, 6.07) is 0. The third kappa shape index (κ3) is 4.23. The van der Waals surface area contributed by atoms with Gasteiger partial charge in [0.1, 0.15) is 0 Å². The molecule has 3 heteroatoms. The molecule has 0 aromatic heterocycles. The number of ether oxygens (including phenoxy) is 1. The van der Waals surface area contributed by atoms with Gasteiger partial charge in [0.25, 0.3) is 0 Å². The van der Waals surface area contributed by atoms with E-state index in [1.165, 1.54) is 32.2 Å². The van der Waals surface area contributed by atoms with Gasteiger partial charge >= 0.3 is 0 Å². The van der Waals surface area contributed by atoms with E-state index in [-0.39, 0.29) is 0 Å². The number of likely N-dealkylation sites (tertiary alicyclic amines) is 1. The van der Waals surface area contributed by atoms with E-state index >= 15 is 0 Å². The van der Waals surface area contributed by atoms with Crippen molar-refractivity contribution in [1.29, 1.82) is 0 Å². The molecule has 3 nitrogen and oxygen atoms in total. The van der Waals surface area contributed by atoms with Gasteiger partial charge in [0.05, 0.1) is 6.10 Å². The fourth-order valence-corrected chi connectivity index (χ4v) is 2.83. The van der Waals surface area contributed by atoms with Crippen LogP contribution >= 0.6 is 0 Å². The summed E-state index contributed by atoms with van der Waals surface area (Å²) in [7, 11) is 0. The van der Waals surface area contributed by atoms with Crippen molar-refractivity contribution in [3.63, 3.8) is 0 Å². The minimum atomic E-state index is 0.314. The van der Waals surface area contributed by atoms with Crippen molar-refractivity contribution in [2.75, 3.05) is 32.8 Å². The zero-order valence-corrected chi connectivity index (χ0v) is 11.9. The zero-order chi connectivity index (χ0) is 12.7. The Kier molecular flexibility index (Phi) is 6.45. The monoisotopic (exact) mass is 242 g/mol. The van der Waals surface area contributed by atoms with E-state index in [0.29, 0.717) is 11.5 Å². The van der Waals surface area contributed by atoms with Crippen LogP contribution in [0.2, 0.25) is 0 Å². The van der Waals surface area contributed by atoms with Crippen molar-refractivity contribution in [2.24, 2.45) is 11.1 Å². The van der Waals surface area contributed by atoms with Crippen LogP contribution in [0.1, 0.15) is 46.5 Å². The van der Waals surface area contributed by atoms with Gasteiger partial charge in [0.15, 0.2) is 0 Å². The Labute approximate surface area is 107 Å². The predicted octanol–water partition coefficient (Wildman–Crippen LogP) is 2.25. The maximum absolute atomic E-state index is 5.98. The predicted molar refractivity (Wildman–Crippen MR) is 73.2 cm³/mol. The van der Waals surface area contributed by atoms with Crippen molar-refractivity contribution in [1.82, 2.24) is 4.90 Å². The van der Waals surface area contributed by atoms with Crippen LogP contribution in [-0.2, 0) is 4.74 Å². The van der Waals surface area contributed by atoms with Crippen molar-refractivity contribution < 1.29 is 4.74 Å². The Balaban J connectivity index is 2.49. The molecule has 0 amide bonds. The lowest BCUT2D eigenvalue weighted by Gasteiger charge is -2.40. The largest absolute Gasteiger partial charge is 0.377 e. The molecule has 1 heterocycles. The Hall–Kier alpha value is -0.120. The second kappa shape index (κ2) is 7.34. The highest BCUT2D eigenvalue weighted by Gasteiger charge is 2.30. The average Bonchev–Trinajstić information content (AvgIpc) is 2.37. The number of hydrogen-bond donors (Lipinski definition) is 1. The third-order valence-electron chi connectivity index (χ3n) is 4.36. The Morgan fingerprint density at radius 1 is 1.29 bits per heavy atom. The van der Waals surface area contributed by atoms with E-state index in [4.69, 9.17) is 10.5 Å². The summed E-state index contributed by atoms with van der Waals surface area (Å²) in [5, 5.41) is 0. The molecule has 1 saturated heterocycles. The lowest BCUT2D eigenvalue weighted by molar-refractivity contribution is -0.00711. The first-order valence-corrected chi connectivity index (χ1v) is 7.23. The minimum absolute atomic E-state index is 0.314. The summed E-state index contributed by atoms with van der Waals surface area (Å²) in [6.45, 7) is 11.7. The second-order valence-electron chi connectivity index (χ2n) is 5.37.